The average molecular weight is 188 g/mol. The van der Waals surface area contributed by atoms with E-state index in [1.54, 1.807) is 14.0 Å². The molecule has 76 valence electrons. The van der Waals surface area contributed by atoms with Gasteiger partial charge in [-0.2, -0.15) is 0 Å². The molecule has 0 bridgehead atoms. The first-order valence-corrected chi connectivity index (χ1v) is 4.15. The number of rotatable bonds is 7. The van der Waals surface area contributed by atoms with Gasteiger partial charge in [0, 0.05) is 0 Å². The Labute approximate surface area is 77.5 Å². The van der Waals surface area contributed by atoms with Crippen molar-refractivity contribution in [2.45, 2.75) is 19.0 Å². The van der Waals surface area contributed by atoms with Crippen molar-refractivity contribution in [3.63, 3.8) is 0 Å². The Hall–Kier alpha value is -0.780. The van der Waals surface area contributed by atoms with E-state index in [0.717, 1.165) is 0 Å². The maximum atomic E-state index is 11.2. The highest BCUT2D eigenvalue weighted by molar-refractivity contribution is 5.85. The molecule has 0 spiro atoms. The van der Waals surface area contributed by atoms with Gasteiger partial charge in [0.1, 0.15) is 6.29 Å². The molecule has 0 saturated heterocycles. The number of aliphatic hydroxyl groups is 1. The summed E-state index contributed by atoms with van der Waals surface area (Å²) in [6.07, 6.45) is 0.581. The van der Waals surface area contributed by atoms with Crippen molar-refractivity contribution in [1.82, 2.24) is 10.6 Å². The van der Waals surface area contributed by atoms with Crippen molar-refractivity contribution in [2.75, 3.05) is 20.2 Å². The number of ketones is 1. The highest BCUT2D eigenvalue weighted by Crippen LogP contribution is 1.83. The third-order valence-electron chi connectivity index (χ3n) is 1.82. The zero-order valence-electron chi connectivity index (χ0n) is 7.91. The van der Waals surface area contributed by atoms with Crippen molar-refractivity contribution in [3.8, 4) is 0 Å². The van der Waals surface area contributed by atoms with E-state index >= 15 is 0 Å². The monoisotopic (exact) mass is 188 g/mol. The Morgan fingerprint density at radius 2 is 2.23 bits per heavy atom. The van der Waals surface area contributed by atoms with E-state index in [2.05, 4.69) is 10.6 Å². The lowest BCUT2D eigenvalue weighted by Crippen LogP contribution is -2.43. The molecule has 0 aromatic rings. The molecule has 0 saturated carbocycles. The number of hydrogen-bond donors (Lipinski definition) is 3. The SMILES string of the molecule is CN[C@@H](C)C(=O)CN[C@H](C=O)CO. The van der Waals surface area contributed by atoms with Gasteiger partial charge < -0.3 is 15.2 Å². The maximum Gasteiger partial charge on any atom is 0.163 e. The second kappa shape index (κ2) is 6.71. The topological polar surface area (TPSA) is 78.4 Å². The van der Waals surface area contributed by atoms with Crippen molar-refractivity contribution < 1.29 is 14.7 Å². The van der Waals surface area contributed by atoms with Crippen LogP contribution in [0.1, 0.15) is 6.92 Å². The summed E-state index contributed by atoms with van der Waals surface area (Å²) in [7, 11) is 1.69. The van der Waals surface area contributed by atoms with E-state index in [1.165, 1.54) is 0 Å². The Morgan fingerprint density at radius 3 is 2.62 bits per heavy atom. The maximum absolute atomic E-state index is 11.2. The van der Waals surface area contributed by atoms with Crippen molar-refractivity contribution in [1.29, 1.82) is 0 Å². The molecule has 0 aliphatic rings. The van der Waals surface area contributed by atoms with Gasteiger partial charge in [-0.15, -0.1) is 0 Å². The molecular weight excluding hydrogens is 172 g/mol. The van der Waals surface area contributed by atoms with Crippen LogP contribution in [0.3, 0.4) is 0 Å². The first-order valence-electron chi connectivity index (χ1n) is 4.15. The second-order valence-electron chi connectivity index (χ2n) is 2.78. The molecule has 5 nitrogen and oxygen atoms in total. The number of nitrogens with one attached hydrogen (secondary N) is 2. The molecule has 0 rings (SSSR count). The smallest absolute Gasteiger partial charge is 0.163 e. The predicted molar refractivity (Wildman–Crippen MR) is 48.5 cm³/mol. The molecule has 0 fully saturated rings. The number of carbonyl (C=O) groups excluding carboxylic acids is 2. The second-order valence-corrected chi connectivity index (χ2v) is 2.78. The largest absolute Gasteiger partial charge is 0.394 e. The van der Waals surface area contributed by atoms with Crippen LogP contribution in [0.25, 0.3) is 0 Å². The number of carbonyl (C=O) groups is 2. The summed E-state index contributed by atoms with van der Waals surface area (Å²) in [5.41, 5.74) is 0. The van der Waals surface area contributed by atoms with Gasteiger partial charge in [-0.05, 0) is 14.0 Å². The number of hydrogen-bond acceptors (Lipinski definition) is 5. The Balaban J connectivity index is 3.74. The molecule has 0 aliphatic carbocycles. The summed E-state index contributed by atoms with van der Waals surface area (Å²) in [4.78, 5) is 21.4. The van der Waals surface area contributed by atoms with E-state index < -0.39 is 6.04 Å². The van der Waals surface area contributed by atoms with Gasteiger partial charge in [0.25, 0.3) is 0 Å². The molecule has 13 heavy (non-hydrogen) atoms. The predicted octanol–water partition coefficient (Wildman–Crippen LogP) is -1.69. The van der Waals surface area contributed by atoms with Gasteiger partial charge in [0.15, 0.2) is 5.78 Å². The van der Waals surface area contributed by atoms with E-state index in [0.29, 0.717) is 6.29 Å². The Bertz CT molecular complexity index is 173. The number of aldehydes is 1. The fourth-order valence-electron chi connectivity index (χ4n) is 0.701. The summed E-state index contributed by atoms with van der Waals surface area (Å²) >= 11 is 0. The van der Waals surface area contributed by atoms with Crippen molar-refractivity contribution >= 4 is 12.1 Å². The lowest BCUT2D eigenvalue weighted by atomic mass is 10.2. The van der Waals surface area contributed by atoms with Crippen LogP contribution < -0.4 is 10.6 Å². The molecule has 0 aromatic heterocycles. The van der Waals surface area contributed by atoms with E-state index in [1.807, 2.05) is 0 Å². The van der Waals surface area contributed by atoms with Crippen LogP contribution in [0.4, 0.5) is 0 Å². The standard InChI is InChI=1S/C8H16N2O3/c1-6(9-2)8(13)3-10-7(4-11)5-12/h4,6-7,9-10,12H,3,5H2,1-2H3/t6-,7+/m0/s1. The molecule has 0 radical (unpaired) electrons. The zero-order valence-corrected chi connectivity index (χ0v) is 7.91. The van der Waals surface area contributed by atoms with Crippen molar-refractivity contribution in [2.24, 2.45) is 0 Å². The minimum absolute atomic E-state index is 0.0391. The van der Waals surface area contributed by atoms with Gasteiger partial charge in [0.05, 0.1) is 25.2 Å². The highest BCUT2D eigenvalue weighted by Gasteiger charge is 2.12. The molecule has 3 N–H and O–H groups in total. The minimum atomic E-state index is -0.645. The van der Waals surface area contributed by atoms with Crippen LogP contribution in [0, 0.1) is 0 Å². The Kier molecular flexibility index (Phi) is 6.30. The summed E-state index contributed by atoms with van der Waals surface area (Å²) in [5.74, 6) is -0.0391. The number of aliphatic hydroxyl groups excluding tert-OH is 1. The van der Waals surface area contributed by atoms with Crippen molar-refractivity contribution in [3.05, 3.63) is 0 Å². The molecule has 0 aliphatic heterocycles. The highest BCUT2D eigenvalue weighted by atomic mass is 16.3. The molecular formula is C8H16N2O3. The fraction of sp³-hybridized carbons (Fsp3) is 0.750. The molecule has 2 atom stereocenters. The van der Waals surface area contributed by atoms with Gasteiger partial charge in [-0.3, -0.25) is 10.1 Å². The van der Waals surface area contributed by atoms with Crippen LogP contribution >= 0.6 is 0 Å². The third-order valence-corrected chi connectivity index (χ3v) is 1.82. The molecule has 0 unspecified atom stereocenters. The molecule has 0 heterocycles. The normalized spacial score (nSPS) is 15.0. The average Bonchev–Trinajstić information content (AvgIpc) is 2.17. The van der Waals surface area contributed by atoms with Crippen LogP contribution in [-0.4, -0.2) is 49.5 Å². The molecule has 0 aromatic carbocycles. The van der Waals surface area contributed by atoms with Gasteiger partial charge in [0.2, 0.25) is 0 Å². The lowest BCUT2D eigenvalue weighted by molar-refractivity contribution is -0.120. The van der Waals surface area contributed by atoms with Crippen LogP contribution in [-0.2, 0) is 9.59 Å². The summed E-state index contributed by atoms with van der Waals surface area (Å²) in [6.45, 7) is 1.54. The summed E-state index contributed by atoms with van der Waals surface area (Å²) in [6, 6.07) is -0.883. The van der Waals surface area contributed by atoms with Crippen LogP contribution in [0.2, 0.25) is 0 Å². The van der Waals surface area contributed by atoms with Crippen LogP contribution in [0.5, 0.6) is 0 Å². The first-order chi connectivity index (χ1) is 6.15. The summed E-state index contributed by atoms with van der Waals surface area (Å²) < 4.78 is 0. The van der Waals surface area contributed by atoms with Gasteiger partial charge >= 0.3 is 0 Å². The molecule has 5 heteroatoms. The zero-order chi connectivity index (χ0) is 10.3. The number of Topliss-reactive ketones (excluding diaryl/α,β-unsaturated/α-hetero) is 1. The van der Waals surface area contributed by atoms with E-state index in [9.17, 15) is 9.59 Å². The van der Waals surface area contributed by atoms with Crippen LogP contribution in [0.15, 0.2) is 0 Å². The lowest BCUT2D eigenvalue weighted by Gasteiger charge is -2.12. The van der Waals surface area contributed by atoms with Gasteiger partial charge in [-0.25, -0.2) is 0 Å². The Morgan fingerprint density at radius 1 is 1.62 bits per heavy atom. The fourth-order valence-corrected chi connectivity index (χ4v) is 0.701. The molecule has 0 amide bonds. The first kappa shape index (κ1) is 12.2. The third kappa shape index (κ3) is 4.72. The summed E-state index contributed by atoms with van der Waals surface area (Å²) in [5, 5.41) is 14.0. The minimum Gasteiger partial charge on any atom is -0.394 e. The van der Waals surface area contributed by atoms with E-state index in [-0.39, 0.29) is 25.0 Å². The quantitative estimate of drug-likeness (QED) is 0.416. The number of likely N-dealkylation sites (N-methyl/N-ethyl adjacent to an activating group) is 1. The van der Waals surface area contributed by atoms with Gasteiger partial charge in [-0.1, -0.05) is 0 Å². The van der Waals surface area contributed by atoms with E-state index in [4.69, 9.17) is 5.11 Å².